The van der Waals surface area contributed by atoms with Crippen molar-refractivity contribution in [3.8, 4) is 5.75 Å². The van der Waals surface area contributed by atoms with E-state index in [0.29, 0.717) is 6.04 Å². The summed E-state index contributed by atoms with van der Waals surface area (Å²) in [6, 6.07) is 8.66. The topological polar surface area (TPSA) is 39.7 Å². The van der Waals surface area contributed by atoms with Gasteiger partial charge in [0.1, 0.15) is 5.75 Å². The number of nitrogens with one attached hydrogen (secondary N) is 1. The Bertz CT molecular complexity index is 424. The fourth-order valence-corrected chi connectivity index (χ4v) is 2.87. The van der Waals surface area contributed by atoms with Gasteiger partial charge in [-0.1, -0.05) is 18.2 Å². The summed E-state index contributed by atoms with van der Waals surface area (Å²) in [6.45, 7) is 4.91. The summed E-state index contributed by atoms with van der Waals surface area (Å²) in [5, 5.41) is 3.61. The third kappa shape index (κ3) is 3.14. The zero-order valence-electron chi connectivity index (χ0n) is 12.8. The molecule has 0 aromatic heterocycles. The zero-order valence-corrected chi connectivity index (χ0v) is 12.8. The molecule has 1 aromatic carbocycles. The first-order chi connectivity index (χ1) is 9.71. The Labute approximate surface area is 121 Å². The van der Waals surface area contributed by atoms with Gasteiger partial charge in [0.25, 0.3) is 0 Å². The van der Waals surface area contributed by atoms with Crippen LogP contribution in [0.25, 0.3) is 0 Å². The van der Waals surface area contributed by atoms with Crippen LogP contribution >= 0.6 is 0 Å². The molecule has 0 spiro atoms. The first kappa shape index (κ1) is 15.3. The average molecular weight is 279 g/mol. The van der Waals surface area contributed by atoms with Crippen molar-refractivity contribution in [2.75, 3.05) is 20.8 Å². The molecule has 0 amide bonds. The Hall–Kier alpha value is -1.10. The Kier molecular flexibility index (Phi) is 5.40. The van der Waals surface area contributed by atoms with Crippen molar-refractivity contribution in [1.82, 2.24) is 5.32 Å². The van der Waals surface area contributed by atoms with E-state index in [1.165, 1.54) is 5.56 Å². The fraction of sp³-hybridized carbons (Fsp3) is 0.625. The molecule has 1 aliphatic rings. The lowest BCUT2D eigenvalue weighted by atomic mass is 9.84. The van der Waals surface area contributed by atoms with E-state index in [1.807, 2.05) is 25.1 Å². The molecule has 4 unspecified atom stereocenters. The van der Waals surface area contributed by atoms with Crippen LogP contribution in [0.2, 0.25) is 0 Å². The molecule has 4 heteroatoms. The standard InChI is InChI=1S/C16H25NO3/c1-5-20-15-10-13(16(15)19-4)17-11(2)12-8-6-7-9-14(12)18-3/h6-9,11,13,15-17H,5,10H2,1-4H3. The van der Waals surface area contributed by atoms with Gasteiger partial charge >= 0.3 is 0 Å². The third-order valence-electron chi connectivity index (χ3n) is 3.97. The summed E-state index contributed by atoms with van der Waals surface area (Å²) in [5.41, 5.74) is 1.17. The van der Waals surface area contributed by atoms with Crippen LogP contribution < -0.4 is 10.1 Å². The van der Waals surface area contributed by atoms with Crippen LogP contribution in [-0.4, -0.2) is 39.1 Å². The third-order valence-corrected chi connectivity index (χ3v) is 3.97. The highest BCUT2D eigenvalue weighted by atomic mass is 16.5. The number of hydrogen-bond acceptors (Lipinski definition) is 4. The molecule has 1 N–H and O–H groups in total. The van der Waals surface area contributed by atoms with Gasteiger partial charge in [-0.05, 0) is 26.3 Å². The van der Waals surface area contributed by atoms with Crippen molar-refractivity contribution in [3.63, 3.8) is 0 Å². The molecular weight excluding hydrogens is 254 g/mol. The predicted octanol–water partition coefficient (Wildman–Crippen LogP) is 2.54. The van der Waals surface area contributed by atoms with Gasteiger partial charge in [0, 0.05) is 31.4 Å². The van der Waals surface area contributed by atoms with E-state index >= 15 is 0 Å². The molecule has 0 heterocycles. The average Bonchev–Trinajstić information content (AvgIpc) is 2.46. The highest BCUT2D eigenvalue weighted by Crippen LogP contribution is 2.31. The molecule has 0 radical (unpaired) electrons. The minimum absolute atomic E-state index is 0.132. The van der Waals surface area contributed by atoms with Crippen LogP contribution in [0, 0.1) is 0 Å². The summed E-state index contributed by atoms with van der Waals surface area (Å²) in [7, 11) is 3.45. The van der Waals surface area contributed by atoms with Crippen LogP contribution in [0.3, 0.4) is 0 Å². The second-order valence-corrected chi connectivity index (χ2v) is 5.17. The van der Waals surface area contributed by atoms with Crippen molar-refractivity contribution in [3.05, 3.63) is 29.8 Å². The van der Waals surface area contributed by atoms with Crippen LogP contribution in [0.15, 0.2) is 24.3 Å². The molecule has 4 atom stereocenters. The van der Waals surface area contributed by atoms with E-state index in [9.17, 15) is 0 Å². The first-order valence-corrected chi connectivity index (χ1v) is 7.24. The number of para-hydroxylation sites is 1. The van der Waals surface area contributed by atoms with E-state index in [0.717, 1.165) is 18.8 Å². The molecule has 1 aliphatic carbocycles. The fourth-order valence-electron chi connectivity index (χ4n) is 2.87. The van der Waals surface area contributed by atoms with E-state index in [2.05, 4.69) is 18.3 Å². The first-order valence-electron chi connectivity index (χ1n) is 7.24. The molecule has 1 saturated carbocycles. The molecule has 0 aliphatic heterocycles. The molecule has 112 valence electrons. The maximum atomic E-state index is 5.65. The van der Waals surface area contributed by atoms with Crippen LogP contribution in [0.5, 0.6) is 5.75 Å². The number of hydrogen-bond donors (Lipinski definition) is 1. The zero-order chi connectivity index (χ0) is 14.5. The molecule has 20 heavy (non-hydrogen) atoms. The maximum Gasteiger partial charge on any atom is 0.123 e. The Morgan fingerprint density at radius 1 is 1.30 bits per heavy atom. The minimum Gasteiger partial charge on any atom is -0.496 e. The van der Waals surface area contributed by atoms with Gasteiger partial charge in [0.2, 0.25) is 0 Å². The molecule has 4 nitrogen and oxygen atoms in total. The monoisotopic (exact) mass is 279 g/mol. The lowest BCUT2D eigenvalue weighted by Gasteiger charge is -2.44. The number of methoxy groups -OCH3 is 2. The van der Waals surface area contributed by atoms with Gasteiger partial charge in [0.15, 0.2) is 0 Å². The molecule has 2 rings (SSSR count). The second-order valence-electron chi connectivity index (χ2n) is 5.17. The quantitative estimate of drug-likeness (QED) is 0.832. The van der Waals surface area contributed by atoms with Crippen LogP contribution in [0.1, 0.15) is 31.9 Å². The largest absolute Gasteiger partial charge is 0.496 e. The summed E-state index contributed by atoms with van der Waals surface area (Å²) in [4.78, 5) is 0. The maximum absolute atomic E-state index is 5.65. The Balaban J connectivity index is 1.96. The molecular formula is C16H25NO3. The highest BCUT2D eigenvalue weighted by molar-refractivity contribution is 5.35. The van der Waals surface area contributed by atoms with Crippen LogP contribution in [-0.2, 0) is 9.47 Å². The van der Waals surface area contributed by atoms with Crippen molar-refractivity contribution in [2.24, 2.45) is 0 Å². The van der Waals surface area contributed by atoms with Crippen molar-refractivity contribution < 1.29 is 14.2 Å². The van der Waals surface area contributed by atoms with Gasteiger partial charge in [0.05, 0.1) is 19.3 Å². The summed E-state index contributed by atoms with van der Waals surface area (Å²) in [6.07, 6.45) is 1.34. The smallest absolute Gasteiger partial charge is 0.123 e. The van der Waals surface area contributed by atoms with Gasteiger partial charge in [-0.15, -0.1) is 0 Å². The number of rotatable bonds is 7. The molecule has 1 aromatic rings. The number of benzene rings is 1. The van der Waals surface area contributed by atoms with Gasteiger partial charge in [-0.3, -0.25) is 0 Å². The van der Waals surface area contributed by atoms with E-state index < -0.39 is 0 Å². The van der Waals surface area contributed by atoms with E-state index in [4.69, 9.17) is 14.2 Å². The Morgan fingerprint density at radius 3 is 2.70 bits per heavy atom. The SMILES string of the molecule is CCOC1CC(NC(C)c2ccccc2OC)C1OC. The summed E-state index contributed by atoms with van der Waals surface area (Å²) >= 11 is 0. The lowest BCUT2D eigenvalue weighted by molar-refractivity contribution is -0.133. The predicted molar refractivity (Wildman–Crippen MR) is 79.2 cm³/mol. The minimum atomic E-state index is 0.132. The highest BCUT2D eigenvalue weighted by Gasteiger charge is 2.42. The molecule has 1 fully saturated rings. The molecule has 0 bridgehead atoms. The van der Waals surface area contributed by atoms with Crippen LogP contribution in [0.4, 0.5) is 0 Å². The van der Waals surface area contributed by atoms with Crippen molar-refractivity contribution in [1.29, 1.82) is 0 Å². The molecule has 0 saturated heterocycles. The van der Waals surface area contributed by atoms with E-state index in [1.54, 1.807) is 14.2 Å². The van der Waals surface area contributed by atoms with Crippen molar-refractivity contribution in [2.45, 2.75) is 44.6 Å². The summed E-state index contributed by atoms with van der Waals surface area (Å²) in [5.74, 6) is 0.919. The van der Waals surface area contributed by atoms with Gasteiger partial charge in [-0.25, -0.2) is 0 Å². The van der Waals surface area contributed by atoms with E-state index in [-0.39, 0.29) is 18.2 Å². The normalized spacial score (nSPS) is 26.9. The Morgan fingerprint density at radius 2 is 2.05 bits per heavy atom. The lowest BCUT2D eigenvalue weighted by Crippen LogP contribution is -2.60. The number of ether oxygens (including phenoxy) is 3. The van der Waals surface area contributed by atoms with Gasteiger partial charge < -0.3 is 19.5 Å². The second kappa shape index (κ2) is 7.07. The van der Waals surface area contributed by atoms with Crippen molar-refractivity contribution >= 4 is 0 Å². The summed E-state index contributed by atoms with van der Waals surface area (Å²) < 4.78 is 16.6. The van der Waals surface area contributed by atoms with Gasteiger partial charge in [-0.2, -0.15) is 0 Å².